The molecule has 5 rings (SSSR count). The van der Waals surface area contributed by atoms with Gasteiger partial charge in [-0.1, -0.05) is 19.1 Å². The number of hydrogen-bond acceptors (Lipinski definition) is 19. The molecule has 19 atom stereocenters. The fourth-order valence-corrected chi connectivity index (χ4v) is 11.1. The average molecular weight is 1030 g/mol. The summed E-state index contributed by atoms with van der Waals surface area (Å²) in [6.45, 7) is 17.0. The highest BCUT2D eigenvalue weighted by molar-refractivity contribution is 7.90. The van der Waals surface area contributed by atoms with Gasteiger partial charge in [0.25, 0.3) is 0 Å². The highest BCUT2D eigenvalue weighted by Gasteiger charge is 2.52. The second kappa shape index (κ2) is 23.8. The summed E-state index contributed by atoms with van der Waals surface area (Å²) in [5.74, 6) is -2.94. The van der Waals surface area contributed by atoms with E-state index in [2.05, 4.69) is 15.3 Å². The summed E-state index contributed by atoms with van der Waals surface area (Å²) >= 11 is 0. The largest absolute Gasteiger partial charge is 0.459 e. The summed E-state index contributed by atoms with van der Waals surface area (Å²) < 4.78 is 77.5. The lowest BCUT2D eigenvalue weighted by Gasteiger charge is -2.49. The van der Waals surface area contributed by atoms with Gasteiger partial charge < -0.3 is 63.8 Å². The highest BCUT2D eigenvalue weighted by Crippen LogP contribution is 2.40. The van der Waals surface area contributed by atoms with E-state index in [0.29, 0.717) is 37.3 Å². The molecule has 0 aromatic carbocycles. The zero-order valence-electron chi connectivity index (χ0n) is 44.1. The van der Waals surface area contributed by atoms with Crippen LogP contribution < -0.4 is 0 Å². The number of likely N-dealkylation sites (N-methyl/N-ethyl adjacent to an activating group) is 2. The average Bonchev–Trinajstić information content (AvgIpc) is 3.78. The van der Waals surface area contributed by atoms with Crippen molar-refractivity contribution in [1.29, 1.82) is 0 Å². The number of esters is 1. The molecule has 0 radical (unpaired) electrons. The van der Waals surface area contributed by atoms with Gasteiger partial charge in [-0.2, -0.15) is 0 Å². The van der Waals surface area contributed by atoms with Gasteiger partial charge in [-0.3, -0.25) is 9.78 Å². The topological polar surface area (TPSA) is 258 Å². The van der Waals surface area contributed by atoms with Crippen LogP contribution in [0.25, 0.3) is 0 Å². The lowest BCUT2D eigenvalue weighted by molar-refractivity contribution is -0.318. The van der Waals surface area contributed by atoms with E-state index in [9.17, 15) is 43.1 Å². The molecule has 0 bridgehead atoms. The molecule has 3 fully saturated rings. The summed E-state index contributed by atoms with van der Waals surface area (Å²) in [4.78, 5) is 22.4. The third kappa shape index (κ3) is 14.1. The third-order valence-electron chi connectivity index (χ3n) is 15.4. The Hall–Kier alpha value is -2.84. The maximum absolute atomic E-state index is 14.4. The first-order valence-electron chi connectivity index (χ1n) is 24.8. The van der Waals surface area contributed by atoms with Crippen LogP contribution in [0.2, 0.25) is 0 Å². The Morgan fingerprint density at radius 2 is 1.66 bits per heavy atom. The quantitative estimate of drug-likeness (QED) is 0.170. The van der Waals surface area contributed by atoms with Gasteiger partial charge in [-0.15, -0.1) is 5.10 Å². The van der Waals surface area contributed by atoms with Crippen LogP contribution in [0.4, 0.5) is 4.39 Å². The summed E-state index contributed by atoms with van der Waals surface area (Å²) in [7, 11) is 1.71. The Bertz CT molecular complexity index is 2140. The molecule has 22 heteroatoms. The molecular formula is C49H83FN6O14S. The molecule has 3 aliphatic heterocycles. The number of aliphatic hydroxyl groups is 5. The highest BCUT2D eigenvalue weighted by atomic mass is 32.2. The molecule has 20 nitrogen and oxygen atoms in total. The predicted octanol–water partition coefficient (Wildman–Crippen LogP) is 2.27. The molecular weight excluding hydrogens is 948 g/mol. The lowest BCUT2D eigenvalue weighted by Crippen LogP contribution is -2.61. The third-order valence-corrected chi connectivity index (χ3v) is 16.5. The van der Waals surface area contributed by atoms with Gasteiger partial charge in [0.2, 0.25) is 0 Å². The molecule has 406 valence electrons. The van der Waals surface area contributed by atoms with Gasteiger partial charge in [0.05, 0.1) is 58.2 Å². The molecule has 0 amide bonds. The van der Waals surface area contributed by atoms with Gasteiger partial charge >= 0.3 is 5.97 Å². The van der Waals surface area contributed by atoms with Crippen molar-refractivity contribution in [2.75, 3.05) is 47.2 Å². The molecule has 71 heavy (non-hydrogen) atoms. The minimum atomic E-state index is -3.44. The van der Waals surface area contributed by atoms with Crippen LogP contribution in [-0.4, -0.2) is 207 Å². The van der Waals surface area contributed by atoms with Crippen LogP contribution >= 0.6 is 0 Å². The van der Waals surface area contributed by atoms with E-state index < -0.39 is 131 Å². The van der Waals surface area contributed by atoms with Crippen LogP contribution in [0.5, 0.6) is 0 Å². The number of cyclic esters (lactones) is 1. The maximum atomic E-state index is 14.4. The van der Waals surface area contributed by atoms with Crippen LogP contribution in [0.15, 0.2) is 29.4 Å². The number of aromatic nitrogens is 4. The number of rotatable bonds is 14. The van der Waals surface area contributed by atoms with E-state index >= 15 is 0 Å². The fraction of sp³-hybridized carbons (Fsp3) is 0.837. The molecule has 5 heterocycles. The molecule has 0 aliphatic carbocycles. The van der Waals surface area contributed by atoms with Crippen molar-refractivity contribution in [1.82, 2.24) is 29.8 Å². The van der Waals surface area contributed by atoms with Crippen LogP contribution in [0.1, 0.15) is 106 Å². The van der Waals surface area contributed by atoms with Crippen molar-refractivity contribution in [3.8, 4) is 0 Å². The number of methoxy groups -OCH3 is 1. The van der Waals surface area contributed by atoms with Crippen molar-refractivity contribution < 1.29 is 71.6 Å². The summed E-state index contributed by atoms with van der Waals surface area (Å²) in [5.41, 5.74) is -3.55. The second-order valence-electron chi connectivity index (χ2n) is 21.6. The van der Waals surface area contributed by atoms with Gasteiger partial charge in [0.15, 0.2) is 22.4 Å². The van der Waals surface area contributed by atoms with E-state index in [1.54, 1.807) is 60.9 Å². The Balaban J connectivity index is 1.42. The smallest absolute Gasteiger partial charge is 0.311 e. The number of hydrogen-bond donors (Lipinski definition) is 5. The van der Waals surface area contributed by atoms with E-state index in [4.69, 9.17) is 28.4 Å². The number of nitrogens with zero attached hydrogens (tertiary/aromatic N) is 6. The van der Waals surface area contributed by atoms with Gasteiger partial charge in [-0.05, 0) is 100 Å². The van der Waals surface area contributed by atoms with Crippen molar-refractivity contribution in [3.63, 3.8) is 0 Å². The Kier molecular flexibility index (Phi) is 19.8. The summed E-state index contributed by atoms with van der Waals surface area (Å²) in [6, 6.07) is 1.15. The molecule has 3 saturated heterocycles. The van der Waals surface area contributed by atoms with Crippen molar-refractivity contribution >= 4 is 15.8 Å². The lowest BCUT2D eigenvalue weighted by atomic mass is 9.77. The van der Waals surface area contributed by atoms with E-state index in [1.165, 1.54) is 37.9 Å². The number of halogens is 1. The predicted molar refractivity (Wildman–Crippen MR) is 258 cm³/mol. The summed E-state index contributed by atoms with van der Waals surface area (Å²) in [6.07, 6.45) is -5.30. The second-order valence-corrected chi connectivity index (χ2v) is 23.7. The first-order valence-corrected chi connectivity index (χ1v) is 26.7. The zero-order valence-corrected chi connectivity index (χ0v) is 44.9. The standard InChI is InChI=1S/C49H83FN6O14S/c1-27-21-47(8,61)44(29(3)41(69-39-22-48(9,65-13)43(59)32(6)67-39)30(4)45(60)68-33(7)49(10,62)42(58)31(5)55(12)25-27)70-46-40(57)38(19-28(2)66-46)54(11)18-17-35-26-56(53-52-35)36(23-50)20-34-15-16-37(24-51-34)71(14,63)64/h15-16,24,26-33,36,38-44,46,57-59,61-62H,17-23,25H2,1-14H3/t27-,28-,29+,30-,31-,32+,33-,36+,38+,39+,40-,41+,42-,43+,44-,46+,47-,48-,49-/m1/s1. The molecule has 2 aromatic heterocycles. The monoisotopic (exact) mass is 1030 g/mol. The number of sulfone groups is 1. The fourth-order valence-electron chi connectivity index (χ4n) is 10.5. The van der Waals surface area contributed by atoms with E-state index in [1.807, 2.05) is 30.7 Å². The van der Waals surface area contributed by atoms with E-state index in [0.717, 1.165) is 6.26 Å². The molecule has 0 saturated carbocycles. The number of carbonyl (C=O) groups excluding carboxylic acids is 1. The van der Waals surface area contributed by atoms with Crippen LogP contribution in [0.3, 0.4) is 0 Å². The van der Waals surface area contributed by atoms with Crippen LogP contribution in [-0.2, 0) is 55.9 Å². The van der Waals surface area contributed by atoms with Crippen molar-refractivity contribution in [3.05, 3.63) is 35.9 Å². The summed E-state index contributed by atoms with van der Waals surface area (Å²) in [5, 5.41) is 67.7. The Morgan fingerprint density at radius 3 is 2.27 bits per heavy atom. The van der Waals surface area contributed by atoms with Gasteiger partial charge in [0.1, 0.15) is 36.7 Å². The minimum absolute atomic E-state index is 0.0678. The first-order chi connectivity index (χ1) is 32.9. The minimum Gasteiger partial charge on any atom is -0.459 e. The normalized spacial score (nSPS) is 40.2. The number of ether oxygens (including phenoxy) is 6. The van der Waals surface area contributed by atoms with Gasteiger partial charge in [-0.25, -0.2) is 17.5 Å². The molecule has 0 spiro atoms. The number of alkyl halides is 1. The molecule has 3 aliphatic rings. The van der Waals surface area contributed by atoms with Crippen molar-refractivity contribution in [2.24, 2.45) is 17.8 Å². The Labute approximate surface area is 419 Å². The van der Waals surface area contributed by atoms with Gasteiger partial charge in [0, 0.05) is 81.8 Å². The zero-order chi connectivity index (χ0) is 53.1. The molecule has 5 N–H and O–H groups in total. The SMILES string of the molecule is CO[C@]1(C)C[C@H](O[C@H]2[C@H](C)[C@@H](O[C@@H]3O[C@H](C)C[C@H](N(C)CCc4cn([C@H](CF)Cc5ccc(S(C)(=O)=O)cn5)nn4)[C@H]3O)[C@](C)(O)C[C@@H](C)CN(C)[C@H](C)[C@@H](O)[C@](C)(O)[C@@H](C)OC(=O)[C@@H]2C)O[C@@H](C)[C@@H]1O. The molecule has 2 aromatic rings. The number of aliphatic hydroxyl groups excluding tert-OH is 3. The first kappa shape index (κ1) is 59.0. The van der Waals surface area contributed by atoms with Crippen LogP contribution in [0, 0.1) is 17.8 Å². The molecule has 0 unspecified atom stereocenters. The van der Waals surface area contributed by atoms with Crippen molar-refractivity contribution in [2.45, 2.75) is 203 Å². The number of carbonyl (C=O) groups is 1. The Morgan fingerprint density at radius 1 is 0.986 bits per heavy atom. The maximum Gasteiger partial charge on any atom is 0.311 e. The van der Waals surface area contributed by atoms with E-state index in [-0.39, 0.29) is 30.1 Å². The number of pyridine rings is 1.